The molecule has 0 spiro atoms. The van der Waals surface area contributed by atoms with E-state index in [4.69, 9.17) is 0 Å². The van der Waals surface area contributed by atoms with E-state index in [9.17, 15) is 5.11 Å². The Morgan fingerprint density at radius 3 is 2.21 bits per heavy atom. The molecule has 0 unspecified atom stereocenters. The zero-order valence-electron chi connectivity index (χ0n) is 10.1. The first kappa shape index (κ1) is 12.0. The first-order valence-electron chi connectivity index (χ1n) is 5.83. The molecule has 84 valence electrons. The van der Waals surface area contributed by atoms with E-state index in [1.54, 1.807) is 0 Å². The molecule has 14 heavy (non-hydrogen) atoms. The number of likely N-dealkylation sites (N-methyl/N-ethyl adjacent to an activating group) is 1. The topological polar surface area (TPSA) is 23.5 Å². The summed E-state index contributed by atoms with van der Waals surface area (Å²) in [7, 11) is 2.12. The summed E-state index contributed by atoms with van der Waals surface area (Å²) in [4.78, 5) is 2.30. The molecule has 0 aromatic heterocycles. The molecule has 2 heteroatoms. The predicted molar refractivity (Wildman–Crippen MR) is 60.4 cm³/mol. The fourth-order valence-electron chi connectivity index (χ4n) is 2.12. The van der Waals surface area contributed by atoms with Gasteiger partial charge in [-0.25, -0.2) is 0 Å². The molecule has 1 saturated carbocycles. The van der Waals surface area contributed by atoms with Crippen LogP contribution in [0.15, 0.2) is 0 Å². The first-order valence-corrected chi connectivity index (χ1v) is 5.83. The van der Waals surface area contributed by atoms with Crippen LogP contribution >= 0.6 is 0 Å². The molecule has 0 bridgehead atoms. The minimum atomic E-state index is -0.402. The van der Waals surface area contributed by atoms with Gasteiger partial charge in [0.1, 0.15) is 0 Å². The summed E-state index contributed by atoms with van der Waals surface area (Å²) < 4.78 is 0. The molecule has 1 fully saturated rings. The van der Waals surface area contributed by atoms with Crippen LogP contribution in [0.3, 0.4) is 0 Å². The van der Waals surface area contributed by atoms with Crippen LogP contribution in [0.25, 0.3) is 0 Å². The summed E-state index contributed by atoms with van der Waals surface area (Å²) in [5.74, 6) is 0. The molecule has 0 heterocycles. The third-order valence-corrected chi connectivity index (χ3v) is 3.96. The lowest BCUT2D eigenvalue weighted by atomic mass is 9.95. The molecule has 0 saturated heterocycles. The SMILES string of the molecule is CCC(C)(C)N(C)CC1(O)CCCC1. The highest BCUT2D eigenvalue weighted by Gasteiger charge is 2.35. The van der Waals surface area contributed by atoms with Crippen LogP contribution in [-0.4, -0.2) is 34.7 Å². The van der Waals surface area contributed by atoms with Crippen molar-refractivity contribution >= 4 is 0 Å². The monoisotopic (exact) mass is 199 g/mol. The normalized spacial score (nSPS) is 21.9. The Kier molecular flexibility index (Phi) is 3.59. The fraction of sp³-hybridized carbons (Fsp3) is 1.00. The van der Waals surface area contributed by atoms with Gasteiger partial charge in [-0.15, -0.1) is 0 Å². The third kappa shape index (κ3) is 2.71. The number of hydrogen-bond donors (Lipinski definition) is 1. The molecule has 1 aliphatic rings. The second-order valence-electron chi connectivity index (χ2n) is 5.45. The van der Waals surface area contributed by atoms with Gasteiger partial charge in [-0.3, -0.25) is 4.90 Å². The Labute approximate surface area is 88.3 Å². The fourth-order valence-corrected chi connectivity index (χ4v) is 2.12. The van der Waals surface area contributed by atoms with Gasteiger partial charge >= 0.3 is 0 Å². The molecule has 1 N–H and O–H groups in total. The van der Waals surface area contributed by atoms with Crippen LogP contribution in [0.4, 0.5) is 0 Å². The number of rotatable bonds is 4. The molecular formula is C12H25NO. The maximum Gasteiger partial charge on any atom is 0.0774 e. The minimum absolute atomic E-state index is 0.207. The highest BCUT2D eigenvalue weighted by Crippen LogP contribution is 2.31. The molecule has 0 aromatic rings. The van der Waals surface area contributed by atoms with Crippen LogP contribution in [0.5, 0.6) is 0 Å². The highest BCUT2D eigenvalue weighted by molar-refractivity contribution is 4.90. The van der Waals surface area contributed by atoms with E-state index in [1.165, 1.54) is 12.8 Å². The highest BCUT2D eigenvalue weighted by atomic mass is 16.3. The van der Waals surface area contributed by atoms with Gasteiger partial charge in [-0.1, -0.05) is 19.8 Å². The largest absolute Gasteiger partial charge is 0.389 e. The van der Waals surface area contributed by atoms with Crippen LogP contribution in [-0.2, 0) is 0 Å². The second kappa shape index (κ2) is 4.19. The average molecular weight is 199 g/mol. The third-order valence-electron chi connectivity index (χ3n) is 3.96. The minimum Gasteiger partial charge on any atom is -0.389 e. The van der Waals surface area contributed by atoms with Crippen molar-refractivity contribution in [3.8, 4) is 0 Å². The molecule has 1 aliphatic carbocycles. The van der Waals surface area contributed by atoms with Crippen molar-refractivity contribution in [3.63, 3.8) is 0 Å². The number of hydrogen-bond acceptors (Lipinski definition) is 2. The zero-order chi connectivity index (χ0) is 10.8. The molecule has 0 aromatic carbocycles. The predicted octanol–water partition coefficient (Wildman–Crippen LogP) is 2.41. The van der Waals surface area contributed by atoms with Crippen molar-refractivity contribution in [3.05, 3.63) is 0 Å². The molecule has 1 rings (SSSR count). The van der Waals surface area contributed by atoms with Gasteiger partial charge in [0, 0.05) is 12.1 Å². The summed E-state index contributed by atoms with van der Waals surface area (Å²) >= 11 is 0. The van der Waals surface area contributed by atoms with Gasteiger partial charge in [0.05, 0.1) is 5.60 Å². The van der Waals surface area contributed by atoms with Crippen molar-refractivity contribution in [2.45, 2.75) is 64.0 Å². The molecule has 0 atom stereocenters. The molecule has 0 amide bonds. The lowest BCUT2D eigenvalue weighted by Crippen LogP contribution is -2.48. The van der Waals surface area contributed by atoms with E-state index in [0.717, 1.165) is 25.8 Å². The van der Waals surface area contributed by atoms with Gasteiger partial charge in [-0.2, -0.15) is 0 Å². The summed E-state index contributed by atoms with van der Waals surface area (Å²) in [5.41, 5.74) is -0.195. The van der Waals surface area contributed by atoms with E-state index < -0.39 is 5.60 Å². The Morgan fingerprint density at radius 1 is 1.29 bits per heavy atom. The van der Waals surface area contributed by atoms with E-state index in [-0.39, 0.29) is 5.54 Å². The Morgan fingerprint density at radius 2 is 1.79 bits per heavy atom. The average Bonchev–Trinajstić information content (AvgIpc) is 2.52. The van der Waals surface area contributed by atoms with Gasteiger partial charge in [0.25, 0.3) is 0 Å². The Bertz CT molecular complexity index is 183. The van der Waals surface area contributed by atoms with E-state index in [1.807, 2.05) is 0 Å². The molecule has 0 radical (unpaired) electrons. The maximum absolute atomic E-state index is 10.3. The van der Waals surface area contributed by atoms with Crippen molar-refractivity contribution in [2.24, 2.45) is 0 Å². The van der Waals surface area contributed by atoms with Crippen LogP contribution in [0, 0.1) is 0 Å². The Hall–Kier alpha value is -0.0800. The lowest BCUT2D eigenvalue weighted by molar-refractivity contribution is -0.0114. The lowest BCUT2D eigenvalue weighted by Gasteiger charge is -2.39. The van der Waals surface area contributed by atoms with Gasteiger partial charge in [-0.05, 0) is 40.2 Å². The molecule has 0 aliphatic heterocycles. The van der Waals surface area contributed by atoms with Gasteiger partial charge in [0.2, 0.25) is 0 Å². The van der Waals surface area contributed by atoms with Crippen LogP contribution in [0.1, 0.15) is 52.9 Å². The number of aliphatic hydroxyl groups is 1. The zero-order valence-corrected chi connectivity index (χ0v) is 10.1. The first-order chi connectivity index (χ1) is 6.40. The molecular weight excluding hydrogens is 174 g/mol. The van der Waals surface area contributed by atoms with E-state index in [0.29, 0.717) is 0 Å². The second-order valence-corrected chi connectivity index (χ2v) is 5.45. The van der Waals surface area contributed by atoms with E-state index in [2.05, 4.69) is 32.7 Å². The van der Waals surface area contributed by atoms with E-state index >= 15 is 0 Å². The van der Waals surface area contributed by atoms with Gasteiger partial charge < -0.3 is 5.11 Å². The maximum atomic E-state index is 10.3. The summed E-state index contributed by atoms with van der Waals surface area (Å²) in [6.07, 6.45) is 5.47. The standard InChI is InChI=1S/C12H25NO/c1-5-11(2,3)13(4)10-12(14)8-6-7-9-12/h14H,5-10H2,1-4H3. The Balaban J connectivity index is 2.51. The molecule has 2 nitrogen and oxygen atoms in total. The van der Waals surface area contributed by atoms with Gasteiger partial charge in [0.15, 0.2) is 0 Å². The van der Waals surface area contributed by atoms with Crippen molar-refractivity contribution in [1.82, 2.24) is 4.90 Å². The van der Waals surface area contributed by atoms with Crippen molar-refractivity contribution < 1.29 is 5.11 Å². The smallest absolute Gasteiger partial charge is 0.0774 e. The van der Waals surface area contributed by atoms with Crippen LogP contribution in [0.2, 0.25) is 0 Å². The quantitative estimate of drug-likeness (QED) is 0.751. The number of β-amino-alcohol motifs (C(OH)–C–C–N with tert-alkyl or cyclic N) is 1. The van der Waals surface area contributed by atoms with Crippen molar-refractivity contribution in [2.75, 3.05) is 13.6 Å². The van der Waals surface area contributed by atoms with Crippen molar-refractivity contribution in [1.29, 1.82) is 0 Å². The van der Waals surface area contributed by atoms with Crippen LogP contribution < -0.4 is 0 Å². The number of nitrogens with zero attached hydrogens (tertiary/aromatic N) is 1. The summed E-state index contributed by atoms with van der Waals surface area (Å²) in [5, 5.41) is 10.3. The summed E-state index contributed by atoms with van der Waals surface area (Å²) in [6.45, 7) is 7.51. The summed E-state index contributed by atoms with van der Waals surface area (Å²) in [6, 6.07) is 0.